The quantitative estimate of drug-likeness (QED) is 0.779. The SMILES string of the molecule is Cc1nc2ccccc2nc1NCCOCCS(C)(=O)=O. The van der Waals surface area contributed by atoms with Gasteiger partial charge in [0.25, 0.3) is 0 Å². The van der Waals surface area contributed by atoms with Gasteiger partial charge in [0.15, 0.2) is 0 Å². The van der Waals surface area contributed by atoms with E-state index < -0.39 is 9.84 Å². The third-order valence-corrected chi connectivity index (χ3v) is 3.79. The Bertz CT molecular complexity index is 716. The van der Waals surface area contributed by atoms with Crippen LogP contribution in [0.15, 0.2) is 24.3 Å². The summed E-state index contributed by atoms with van der Waals surface area (Å²) in [5, 5.41) is 3.15. The van der Waals surface area contributed by atoms with Crippen LogP contribution in [0.2, 0.25) is 0 Å². The molecule has 7 heteroatoms. The van der Waals surface area contributed by atoms with Crippen LogP contribution in [0.5, 0.6) is 0 Å². The monoisotopic (exact) mass is 309 g/mol. The minimum absolute atomic E-state index is 0.0435. The normalized spacial score (nSPS) is 11.7. The van der Waals surface area contributed by atoms with Crippen molar-refractivity contribution >= 4 is 26.7 Å². The van der Waals surface area contributed by atoms with Gasteiger partial charge in [-0.2, -0.15) is 0 Å². The third-order valence-electron chi connectivity index (χ3n) is 2.88. The highest BCUT2D eigenvalue weighted by Gasteiger charge is 2.04. The Hall–Kier alpha value is -1.73. The topological polar surface area (TPSA) is 81.2 Å². The number of rotatable bonds is 7. The molecule has 0 aliphatic heterocycles. The highest BCUT2D eigenvalue weighted by Crippen LogP contribution is 2.15. The molecule has 0 aliphatic carbocycles. The molecule has 0 saturated heterocycles. The van der Waals surface area contributed by atoms with Gasteiger partial charge >= 0.3 is 0 Å². The smallest absolute Gasteiger partial charge is 0.149 e. The van der Waals surface area contributed by atoms with Crippen molar-refractivity contribution in [2.75, 3.05) is 37.1 Å². The maximum Gasteiger partial charge on any atom is 0.149 e. The van der Waals surface area contributed by atoms with Crippen LogP contribution >= 0.6 is 0 Å². The van der Waals surface area contributed by atoms with Crippen LogP contribution in [-0.4, -0.2) is 50.2 Å². The summed E-state index contributed by atoms with van der Waals surface area (Å²) in [6.07, 6.45) is 1.20. The molecule has 0 spiro atoms. The molecule has 0 bridgehead atoms. The number of nitrogens with one attached hydrogen (secondary N) is 1. The predicted molar refractivity (Wildman–Crippen MR) is 83.3 cm³/mol. The second-order valence-electron chi connectivity index (χ2n) is 4.82. The number of aromatic nitrogens is 2. The Morgan fingerprint density at radius 3 is 2.48 bits per heavy atom. The summed E-state index contributed by atoms with van der Waals surface area (Å²) >= 11 is 0. The molecule has 0 radical (unpaired) electrons. The molecule has 1 aromatic heterocycles. The number of benzene rings is 1. The lowest BCUT2D eigenvalue weighted by atomic mass is 10.3. The third kappa shape index (κ3) is 4.95. The van der Waals surface area contributed by atoms with E-state index in [-0.39, 0.29) is 12.4 Å². The molecule has 6 nitrogen and oxygen atoms in total. The van der Waals surface area contributed by atoms with E-state index in [0.29, 0.717) is 13.2 Å². The first kappa shape index (κ1) is 15.7. The van der Waals surface area contributed by atoms with Crippen molar-refractivity contribution in [2.24, 2.45) is 0 Å². The van der Waals surface area contributed by atoms with Crippen LogP contribution in [0.25, 0.3) is 11.0 Å². The summed E-state index contributed by atoms with van der Waals surface area (Å²) in [4.78, 5) is 8.98. The van der Waals surface area contributed by atoms with Crippen LogP contribution in [0, 0.1) is 6.92 Å². The molecule has 1 aromatic carbocycles. The van der Waals surface area contributed by atoms with Crippen molar-refractivity contribution in [3.05, 3.63) is 30.0 Å². The maximum atomic E-state index is 10.9. The summed E-state index contributed by atoms with van der Waals surface area (Å²) in [6.45, 7) is 3.08. The average molecular weight is 309 g/mol. The molecule has 1 N–H and O–H groups in total. The van der Waals surface area contributed by atoms with Gasteiger partial charge in [-0.3, -0.25) is 0 Å². The van der Waals surface area contributed by atoms with Gasteiger partial charge in [-0.1, -0.05) is 12.1 Å². The summed E-state index contributed by atoms with van der Waals surface area (Å²) in [5.41, 5.74) is 2.53. The Kier molecular flexibility index (Phi) is 5.08. The fourth-order valence-corrected chi connectivity index (χ4v) is 2.23. The molecule has 21 heavy (non-hydrogen) atoms. The van der Waals surface area contributed by atoms with Crippen LogP contribution < -0.4 is 5.32 Å². The number of hydrogen-bond acceptors (Lipinski definition) is 6. The molecule has 0 atom stereocenters. The lowest BCUT2D eigenvalue weighted by Gasteiger charge is -2.09. The lowest BCUT2D eigenvalue weighted by molar-refractivity contribution is 0.159. The second kappa shape index (κ2) is 6.82. The van der Waals surface area contributed by atoms with E-state index in [1.165, 1.54) is 6.26 Å². The zero-order chi connectivity index (χ0) is 15.3. The van der Waals surface area contributed by atoms with E-state index >= 15 is 0 Å². The Morgan fingerprint density at radius 1 is 1.14 bits per heavy atom. The fourth-order valence-electron chi connectivity index (χ4n) is 1.81. The van der Waals surface area contributed by atoms with Gasteiger partial charge in [-0.15, -0.1) is 0 Å². The number of sulfone groups is 1. The van der Waals surface area contributed by atoms with Gasteiger partial charge in [0.2, 0.25) is 0 Å². The van der Waals surface area contributed by atoms with Crippen molar-refractivity contribution in [3.8, 4) is 0 Å². The minimum Gasteiger partial charge on any atom is -0.379 e. The largest absolute Gasteiger partial charge is 0.379 e. The van der Waals surface area contributed by atoms with Crippen molar-refractivity contribution in [1.82, 2.24) is 9.97 Å². The number of hydrogen-bond donors (Lipinski definition) is 1. The zero-order valence-corrected chi connectivity index (χ0v) is 13.0. The number of fused-ring (bicyclic) bond motifs is 1. The van der Waals surface area contributed by atoms with Gasteiger partial charge in [-0.25, -0.2) is 18.4 Å². The summed E-state index contributed by atoms with van der Waals surface area (Å²) in [7, 11) is -2.96. The lowest BCUT2D eigenvalue weighted by Crippen LogP contribution is -2.16. The number of aryl methyl sites for hydroxylation is 1. The first-order chi connectivity index (χ1) is 9.96. The van der Waals surface area contributed by atoms with E-state index in [1.54, 1.807) is 0 Å². The second-order valence-corrected chi connectivity index (χ2v) is 7.08. The van der Waals surface area contributed by atoms with Crippen LogP contribution in [-0.2, 0) is 14.6 Å². The summed E-state index contributed by atoms with van der Waals surface area (Å²) in [6, 6.07) is 7.69. The molecule has 0 aliphatic rings. The molecule has 2 aromatic rings. The summed E-state index contributed by atoms with van der Waals surface area (Å²) < 4.78 is 27.2. The standard InChI is InChI=1S/C14H19N3O3S/c1-11-14(15-7-8-20-9-10-21(2,18)19)17-13-6-4-3-5-12(13)16-11/h3-6H,7-10H2,1-2H3,(H,15,17). The molecule has 0 amide bonds. The maximum absolute atomic E-state index is 10.9. The predicted octanol–water partition coefficient (Wildman–Crippen LogP) is 1.41. The molecule has 0 fully saturated rings. The van der Waals surface area contributed by atoms with Gasteiger partial charge in [-0.05, 0) is 19.1 Å². The first-order valence-electron chi connectivity index (χ1n) is 6.68. The highest BCUT2D eigenvalue weighted by molar-refractivity contribution is 7.90. The van der Waals surface area contributed by atoms with Gasteiger partial charge < -0.3 is 10.1 Å². The van der Waals surface area contributed by atoms with Gasteiger partial charge in [0.05, 0.1) is 35.7 Å². The Morgan fingerprint density at radius 2 is 1.81 bits per heavy atom. The average Bonchev–Trinajstić information content (AvgIpc) is 2.41. The Labute approximate surface area is 124 Å². The molecule has 114 valence electrons. The van der Waals surface area contributed by atoms with Crippen molar-refractivity contribution in [3.63, 3.8) is 0 Å². The van der Waals surface area contributed by atoms with Crippen molar-refractivity contribution < 1.29 is 13.2 Å². The number of nitrogens with zero attached hydrogens (tertiary/aromatic N) is 2. The highest BCUT2D eigenvalue weighted by atomic mass is 32.2. The van der Waals surface area contributed by atoms with Crippen LogP contribution in [0.3, 0.4) is 0 Å². The molecule has 1 heterocycles. The van der Waals surface area contributed by atoms with E-state index in [0.717, 1.165) is 22.5 Å². The number of anilines is 1. The number of ether oxygens (including phenoxy) is 1. The van der Waals surface area contributed by atoms with Gasteiger partial charge in [0.1, 0.15) is 15.7 Å². The van der Waals surface area contributed by atoms with E-state index in [1.807, 2.05) is 31.2 Å². The summed E-state index contributed by atoms with van der Waals surface area (Å²) in [5.74, 6) is 0.766. The van der Waals surface area contributed by atoms with E-state index in [2.05, 4.69) is 15.3 Å². The van der Waals surface area contributed by atoms with Crippen LogP contribution in [0.4, 0.5) is 5.82 Å². The minimum atomic E-state index is -2.96. The fraction of sp³-hybridized carbons (Fsp3) is 0.429. The molecule has 0 saturated carbocycles. The van der Waals surface area contributed by atoms with Crippen molar-refractivity contribution in [1.29, 1.82) is 0 Å². The van der Waals surface area contributed by atoms with Gasteiger partial charge in [0, 0.05) is 12.8 Å². The Balaban J connectivity index is 1.85. The molecule has 2 rings (SSSR count). The number of para-hydroxylation sites is 2. The molecular weight excluding hydrogens is 290 g/mol. The van der Waals surface area contributed by atoms with Crippen LogP contribution in [0.1, 0.15) is 5.69 Å². The van der Waals surface area contributed by atoms with Crippen molar-refractivity contribution in [2.45, 2.75) is 6.92 Å². The first-order valence-corrected chi connectivity index (χ1v) is 8.74. The molecular formula is C14H19N3O3S. The van der Waals surface area contributed by atoms with E-state index in [9.17, 15) is 8.42 Å². The van der Waals surface area contributed by atoms with E-state index in [4.69, 9.17) is 4.74 Å². The molecule has 0 unspecified atom stereocenters. The zero-order valence-electron chi connectivity index (χ0n) is 12.2.